The van der Waals surface area contributed by atoms with Crippen molar-refractivity contribution in [2.24, 2.45) is 5.92 Å². The highest BCUT2D eigenvalue weighted by Crippen LogP contribution is 2.28. The minimum Gasteiger partial charge on any atom is -0.461 e. The van der Waals surface area contributed by atoms with Crippen molar-refractivity contribution >= 4 is 17.7 Å². The van der Waals surface area contributed by atoms with Gasteiger partial charge in [0.1, 0.15) is 0 Å². The van der Waals surface area contributed by atoms with Gasteiger partial charge in [0.25, 0.3) is 0 Å². The Morgan fingerprint density at radius 2 is 2.24 bits per heavy atom. The van der Waals surface area contributed by atoms with Gasteiger partial charge in [0.2, 0.25) is 5.91 Å². The Hall–Kier alpha value is -1.76. The molecule has 1 amide bonds. The van der Waals surface area contributed by atoms with Crippen molar-refractivity contribution in [1.82, 2.24) is 20.1 Å². The third-order valence-corrected chi connectivity index (χ3v) is 5.95. The number of hydrogen-bond acceptors (Lipinski definition) is 5. The molecular formula is C18H26N4O2S. The summed E-state index contributed by atoms with van der Waals surface area (Å²) < 4.78 is 7.41. The van der Waals surface area contributed by atoms with E-state index in [1.54, 1.807) is 6.26 Å². The SMILES string of the molecule is CCn1c(SC(C)C(=O)NC2CCCCC2C)nnc1-c1ccco1. The number of nitrogens with zero attached hydrogens (tertiary/aromatic N) is 3. The van der Waals surface area contributed by atoms with E-state index >= 15 is 0 Å². The molecule has 2 aromatic rings. The van der Waals surface area contributed by atoms with Crippen LogP contribution in [0.2, 0.25) is 0 Å². The lowest BCUT2D eigenvalue weighted by molar-refractivity contribution is -0.121. The minimum atomic E-state index is -0.215. The highest BCUT2D eigenvalue weighted by atomic mass is 32.2. The van der Waals surface area contributed by atoms with Crippen LogP contribution >= 0.6 is 11.8 Å². The molecule has 136 valence electrons. The highest BCUT2D eigenvalue weighted by Gasteiger charge is 2.26. The molecule has 1 aliphatic carbocycles. The summed E-state index contributed by atoms with van der Waals surface area (Å²) in [5.41, 5.74) is 0. The van der Waals surface area contributed by atoms with E-state index < -0.39 is 0 Å². The molecule has 2 aromatic heterocycles. The number of nitrogens with one attached hydrogen (secondary N) is 1. The van der Waals surface area contributed by atoms with Gasteiger partial charge in [0.15, 0.2) is 16.7 Å². The Kier molecular flexibility index (Phi) is 5.83. The van der Waals surface area contributed by atoms with Gasteiger partial charge < -0.3 is 9.73 Å². The molecule has 1 saturated carbocycles. The number of furan rings is 1. The average Bonchev–Trinajstić information content (AvgIpc) is 3.25. The maximum absolute atomic E-state index is 12.6. The first-order chi connectivity index (χ1) is 12.1. The second kappa shape index (κ2) is 8.08. The monoisotopic (exact) mass is 362 g/mol. The smallest absolute Gasteiger partial charge is 0.233 e. The van der Waals surface area contributed by atoms with Crippen molar-refractivity contribution in [2.45, 2.75) is 69.4 Å². The highest BCUT2D eigenvalue weighted by molar-refractivity contribution is 8.00. The van der Waals surface area contributed by atoms with E-state index in [-0.39, 0.29) is 11.2 Å². The zero-order valence-electron chi connectivity index (χ0n) is 15.1. The van der Waals surface area contributed by atoms with Gasteiger partial charge in [-0.1, -0.05) is 31.5 Å². The van der Waals surface area contributed by atoms with Crippen molar-refractivity contribution in [1.29, 1.82) is 0 Å². The molecule has 0 saturated heterocycles. The summed E-state index contributed by atoms with van der Waals surface area (Å²) in [7, 11) is 0. The number of rotatable bonds is 6. The Labute approximate surface area is 152 Å². The Morgan fingerprint density at radius 3 is 2.92 bits per heavy atom. The molecule has 0 radical (unpaired) electrons. The van der Waals surface area contributed by atoms with E-state index in [1.165, 1.54) is 31.0 Å². The van der Waals surface area contributed by atoms with Crippen LogP contribution in [-0.4, -0.2) is 32.0 Å². The lowest BCUT2D eigenvalue weighted by Gasteiger charge is -2.30. The molecule has 3 unspecified atom stereocenters. The zero-order valence-corrected chi connectivity index (χ0v) is 15.9. The van der Waals surface area contributed by atoms with E-state index in [0.29, 0.717) is 23.5 Å². The molecule has 0 aliphatic heterocycles. The number of carbonyl (C=O) groups excluding carboxylic acids is 1. The third kappa shape index (κ3) is 4.08. The third-order valence-electron chi connectivity index (χ3n) is 4.87. The van der Waals surface area contributed by atoms with Crippen LogP contribution in [0.1, 0.15) is 46.5 Å². The van der Waals surface area contributed by atoms with E-state index in [1.807, 2.05) is 30.5 Å². The minimum absolute atomic E-state index is 0.0777. The molecule has 7 heteroatoms. The maximum Gasteiger partial charge on any atom is 0.233 e. The van der Waals surface area contributed by atoms with Gasteiger partial charge >= 0.3 is 0 Å². The lowest BCUT2D eigenvalue weighted by atomic mass is 9.86. The molecule has 1 aliphatic rings. The van der Waals surface area contributed by atoms with Gasteiger partial charge in [-0.2, -0.15) is 0 Å². The predicted octanol–water partition coefficient (Wildman–Crippen LogP) is 3.73. The van der Waals surface area contributed by atoms with E-state index in [2.05, 4.69) is 22.4 Å². The van der Waals surface area contributed by atoms with E-state index in [4.69, 9.17) is 4.42 Å². The Bertz CT molecular complexity index is 698. The number of amides is 1. The molecule has 6 nitrogen and oxygen atoms in total. The standard InChI is InChI=1S/C18H26N4O2S/c1-4-22-16(15-10-7-11-24-15)20-21-18(22)25-13(3)17(23)19-14-9-6-5-8-12(14)2/h7,10-14H,4-6,8-9H2,1-3H3,(H,19,23). The summed E-state index contributed by atoms with van der Waals surface area (Å²) in [6, 6.07) is 4.00. The number of aromatic nitrogens is 3. The quantitative estimate of drug-likeness (QED) is 0.793. The normalized spacial score (nSPS) is 21.9. The molecule has 3 atom stereocenters. The van der Waals surface area contributed by atoms with Gasteiger partial charge in [0, 0.05) is 12.6 Å². The fourth-order valence-electron chi connectivity index (χ4n) is 3.29. The average molecular weight is 362 g/mol. The fourth-order valence-corrected chi connectivity index (χ4v) is 4.21. The summed E-state index contributed by atoms with van der Waals surface area (Å²) in [4.78, 5) is 12.6. The van der Waals surface area contributed by atoms with Gasteiger partial charge in [-0.3, -0.25) is 9.36 Å². The fraction of sp³-hybridized carbons (Fsp3) is 0.611. The van der Waals surface area contributed by atoms with Crippen molar-refractivity contribution in [3.05, 3.63) is 18.4 Å². The first-order valence-electron chi connectivity index (χ1n) is 9.04. The second-order valence-corrected chi connectivity index (χ2v) is 7.97. The van der Waals surface area contributed by atoms with Crippen LogP contribution in [-0.2, 0) is 11.3 Å². The van der Waals surface area contributed by atoms with Crippen LogP contribution in [0.25, 0.3) is 11.6 Å². The van der Waals surface area contributed by atoms with Gasteiger partial charge in [0.05, 0.1) is 11.5 Å². The molecule has 1 N–H and O–H groups in total. The largest absolute Gasteiger partial charge is 0.461 e. The van der Waals surface area contributed by atoms with Crippen molar-refractivity contribution in [3.8, 4) is 11.6 Å². The van der Waals surface area contributed by atoms with Crippen LogP contribution in [0.3, 0.4) is 0 Å². The molecule has 25 heavy (non-hydrogen) atoms. The number of carbonyl (C=O) groups is 1. The summed E-state index contributed by atoms with van der Waals surface area (Å²) in [5, 5.41) is 12.3. The van der Waals surface area contributed by atoms with Crippen molar-refractivity contribution in [2.75, 3.05) is 0 Å². The van der Waals surface area contributed by atoms with E-state index in [9.17, 15) is 4.79 Å². The van der Waals surface area contributed by atoms with Crippen LogP contribution < -0.4 is 5.32 Å². The maximum atomic E-state index is 12.6. The summed E-state index contributed by atoms with van der Waals surface area (Å²) in [5.74, 6) is 2.02. The van der Waals surface area contributed by atoms with E-state index in [0.717, 1.165) is 18.1 Å². The molecule has 1 fully saturated rings. The molecule has 2 heterocycles. The summed E-state index contributed by atoms with van der Waals surface area (Å²) >= 11 is 1.45. The van der Waals surface area contributed by atoms with Gasteiger partial charge in [-0.05, 0) is 44.7 Å². The molecule has 3 rings (SSSR count). The summed E-state index contributed by atoms with van der Waals surface area (Å²) in [6.45, 7) is 6.91. The Morgan fingerprint density at radius 1 is 1.44 bits per heavy atom. The van der Waals surface area contributed by atoms with Crippen molar-refractivity contribution < 1.29 is 9.21 Å². The van der Waals surface area contributed by atoms with Crippen LogP contribution in [0, 0.1) is 5.92 Å². The first-order valence-corrected chi connectivity index (χ1v) is 9.92. The zero-order chi connectivity index (χ0) is 17.8. The van der Waals surface area contributed by atoms with Crippen LogP contribution in [0.15, 0.2) is 28.0 Å². The van der Waals surface area contributed by atoms with Crippen molar-refractivity contribution in [3.63, 3.8) is 0 Å². The Balaban J connectivity index is 1.66. The van der Waals surface area contributed by atoms with Crippen LogP contribution in [0.4, 0.5) is 0 Å². The molecule has 0 bridgehead atoms. The molecular weight excluding hydrogens is 336 g/mol. The molecule has 0 aromatic carbocycles. The number of hydrogen-bond donors (Lipinski definition) is 1. The molecule has 0 spiro atoms. The van der Waals surface area contributed by atoms with Crippen LogP contribution in [0.5, 0.6) is 0 Å². The summed E-state index contributed by atoms with van der Waals surface area (Å²) in [6.07, 6.45) is 6.37. The topological polar surface area (TPSA) is 73.0 Å². The number of thioether (sulfide) groups is 1. The predicted molar refractivity (Wildman–Crippen MR) is 98.3 cm³/mol. The van der Waals surface area contributed by atoms with Gasteiger partial charge in [-0.15, -0.1) is 10.2 Å². The second-order valence-electron chi connectivity index (χ2n) is 6.66. The first kappa shape index (κ1) is 18.0. The van der Waals surface area contributed by atoms with Gasteiger partial charge in [-0.25, -0.2) is 0 Å². The lowest BCUT2D eigenvalue weighted by Crippen LogP contribution is -2.44.